The van der Waals surface area contributed by atoms with Crippen molar-refractivity contribution in [3.63, 3.8) is 0 Å². The first-order valence-electron chi connectivity index (χ1n) is 6.06. The second-order valence-electron chi connectivity index (χ2n) is 4.66. The van der Waals surface area contributed by atoms with E-state index in [-0.39, 0.29) is 11.4 Å². The van der Waals surface area contributed by atoms with Gasteiger partial charge in [-0.2, -0.15) is 4.31 Å². The molecule has 0 amide bonds. The summed E-state index contributed by atoms with van der Waals surface area (Å²) in [6.45, 7) is 4.37. The first-order valence-corrected chi connectivity index (χ1v) is 7.56. The van der Waals surface area contributed by atoms with Crippen molar-refractivity contribution in [3.05, 3.63) is 24.5 Å². The zero-order valence-electron chi connectivity index (χ0n) is 10.6. The Labute approximate surface area is 108 Å². The third kappa shape index (κ3) is 2.81. The van der Waals surface area contributed by atoms with E-state index in [1.807, 2.05) is 0 Å². The predicted octanol–water partition coefficient (Wildman–Crippen LogP) is 1.27. The molecule has 1 saturated heterocycles. The maximum atomic E-state index is 12.0. The van der Waals surface area contributed by atoms with Crippen molar-refractivity contribution in [3.8, 4) is 5.75 Å². The quantitative estimate of drug-likeness (QED) is 0.826. The first-order chi connectivity index (χ1) is 8.50. The smallest absolute Gasteiger partial charge is 0.216 e. The third-order valence-electron chi connectivity index (χ3n) is 3.02. The van der Waals surface area contributed by atoms with E-state index in [4.69, 9.17) is 4.74 Å². The minimum absolute atomic E-state index is 0.0686. The number of aromatic nitrogens is 1. The van der Waals surface area contributed by atoms with Crippen LogP contribution in [0.1, 0.15) is 20.3 Å². The molecule has 18 heavy (non-hydrogen) atoms. The average Bonchev–Trinajstić information content (AvgIpc) is 2.79. The zero-order chi connectivity index (χ0) is 13.2. The topological polar surface area (TPSA) is 59.5 Å². The number of hydrogen-bond acceptors (Lipinski definition) is 4. The summed E-state index contributed by atoms with van der Waals surface area (Å²) in [5, 5.41) is -0.378. The molecule has 0 aliphatic carbocycles. The summed E-state index contributed by atoms with van der Waals surface area (Å²) in [6.07, 6.45) is 3.98. The number of sulfonamides is 1. The van der Waals surface area contributed by atoms with Crippen LogP contribution in [0.2, 0.25) is 0 Å². The molecule has 1 aromatic rings. The second-order valence-corrected chi connectivity index (χ2v) is 7.15. The van der Waals surface area contributed by atoms with Crippen molar-refractivity contribution >= 4 is 10.0 Å². The van der Waals surface area contributed by atoms with E-state index < -0.39 is 10.0 Å². The molecule has 0 N–H and O–H groups in total. The predicted molar refractivity (Wildman–Crippen MR) is 68.9 cm³/mol. The lowest BCUT2D eigenvalue weighted by Crippen LogP contribution is -2.35. The molecule has 100 valence electrons. The monoisotopic (exact) mass is 270 g/mol. The molecule has 0 spiro atoms. The number of ether oxygens (including phenoxy) is 1. The van der Waals surface area contributed by atoms with Crippen LogP contribution < -0.4 is 4.74 Å². The first kappa shape index (κ1) is 13.3. The van der Waals surface area contributed by atoms with Crippen LogP contribution in [0.4, 0.5) is 0 Å². The highest BCUT2D eigenvalue weighted by Gasteiger charge is 2.34. The molecule has 1 aliphatic heterocycles. The molecule has 0 bridgehead atoms. The minimum Gasteiger partial charge on any atom is -0.489 e. The number of hydrogen-bond donors (Lipinski definition) is 0. The van der Waals surface area contributed by atoms with Gasteiger partial charge in [0.05, 0.1) is 11.8 Å². The lowest BCUT2D eigenvalue weighted by atomic mass is 10.3. The van der Waals surface area contributed by atoms with Gasteiger partial charge in [-0.15, -0.1) is 0 Å². The van der Waals surface area contributed by atoms with Gasteiger partial charge in [-0.05, 0) is 32.4 Å². The number of rotatable bonds is 4. The fraction of sp³-hybridized carbons (Fsp3) is 0.583. The normalized spacial score (nSPS) is 21.4. The van der Waals surface area contributed by atoms with Gasteiger partial charge in [-0.1, -0.05) is 0 Å². The lowest BCUT2D eigenvalue weighted by molar-refractivity contribution is 0.215. The van der Waals surface area contributed by atoms with Gasteiger partial charge in [0.25, 0.3) is 0 Å². The molecule has 1 atom stereocenters. The summed E-state index contributed by atoms with van der Waals surface area (Å²) < 4.78 is 31.2. The summed E-state index contributed by atoms with van der Waals surface area (Å²) >= 11 is 0. The van der Waals surface area contributed by atoms with E-state index in [1.165, 1.54) is 4.31 Å². The van der Waals surface area contributed by atoms with Crippen LogP contribution in [0.15, 0.2) is 24.5 Å². The van der Waals surface area contributed by atoms with Gasteiger partial charge in [0, 0.05) is 18.9 Å². The number of pyridine rings is 1. The van der Waals surface area contributed by atoms with Crippen LogP contribution in [0.5, 0.6) is 5.75 Å². The molecule has 2 heterocycles. The Balaban J connectivity index is 1.97. The van der Waals surface area contributed by atoms with Crippen molar-refractivity contribution in [2.24, 2.45) is 0 Å². The Kier molecular flexibility index (Phi) is 3.87. The zero-order valence-corrected chi connectivity index (χ0v) is 11.4. The highest BCUT2D eigenvalue weighted by Crippen LogP contribution is 2.21. The number of nitrogens with zero attached hydrogens (tertiary/aromatic N) is 2. The average molecular weight is 270 g/mol. The highest BCUT2D eigenvalue weighted by molar-refractivity contribution is 7.89. The Hall–Kier alpha value is -1.14. The van der Waals surface area contributed by atoms with Gasteiger partial charge < -0.3 is 4.74 Å². The Morgan fingerprint density at radius 1 is 1.39 bits per heavy atom. The van der Waals surface area contributed by atoms with E-state index in [1.54, 1.807) is 38.4 Å². The van der Waals surface area contributed by atoms with Crippen LogP contribution >= 0.6 is 0 Å². The molecule has 0 saturated carbocycles. The summed E-state index contributed by atoms with van der Waals surface area (Å²) in [7, 11) is -3.16. The molecule has 1 aromatic heterocycles. The van der Waals surface area contributed by atoms with Crippen molar-refractivity contribution in [1.29, 1.82) is 0 Å². The van der Waals surface area contributed by atoms with E-state index in [0.717, 1.165) is 12.2 Å². The molecular formula is C12H18N2O3S. The van der Waals surface area contributed by atoms with E-state index in [0.29, 0.717) is 13.1 Å². The fourth-order valence-corrected chi connectivity index (χ4v) is 3.26. The summed E-state index contributed by atoms with van der Waals surface area (Å²) in [5.74, 6) is 0.735. The van der Waals surface area contributed by atoms with Crippen molar-refractivity contribution in [2.75, 3.05) is 13.1 Å². The fourth-order valence-electron chi connectivity index (χ4n) is 1.93. The molecule has 1 aliphatic rings. The van der Waals surface area contributed by atoms with E-state index in [2.05, 4.69) is 4.98 Å². The van der Waals surface area contributed by atoms with Crippen LogP contribution in [-0.2, 0) is 10.0 Å². The third-order valence-corrected chi connectivity index (χ3v) is 5.26. The molecule has 6 heteroatoms. The molecular weight excluding hydrogens is 252 g/mol. The summed E-state index contributed by atoms with van der Waals surface area (Å²) in [4.78, 5) is 3.91. The molecule has 1 fully saturated rings. The maximum absolute atomic E-state index is 12.0. The standard InChI is InChI=1S/C12H18N2O3S/c1-10(2)18(15,16)14-8-5-12(9-14)17-11-3-6-13-7-4-11/h3-4,6-7,10,12H,5,8-9H2,1-2H3. The summed E-state index contributed by atoms with van der Waals surface area (Å²) in [5.41, 5.74) is 0. The van der Waals surface area contributed by atoms with Gasteiger partial charge in [-0.25, -0.2) is 8.42 Å². The molecule has 1 unspecified atom stereocenters. The van der Waals surface area contributed by atoms with Crippen LogP contribution in [-0.4, -0.2) is 42.2 Å². The van der Waals surface area contributed by atoms with Gasteiger partial charge in [0.15, 0.2) is 0 Å². The molecule has 2 rings (SSSR count). The highest BCUT2D eigenvalue weighted by atomic mass is 32.2. The second kappa shape index (κ2) is 5.24. The van der Waals surface area contributed by atoms with Gasteiger partial charge in [0.1, 0.15) is 11.9 Å². The maximum Gasteiger partial charge on any atom is 0.216 e. The van der Waals surface area contributed by atoms with E-state index in [9.17, 15) is 8.42 Å². The Morgan fingerprint density at radius 2 is 2.06 bits per heavy atom. The van der Waals surface area contributed by atoms with Crippen molar-refractivity contribution in [1.82, 2.24) is 9.29 Å². The summed E-state index contributed by atoms with van der Waals surface area (Å²) in [6, 6.07) is 3.55. The minimum atomic E-state index is -3.16. The van der Waals surface area contributed by atoms with E-state index >= 15 is 0 Å². The molecule has 0 aromatic carbocycles. The van der Waals surface area contributed by atoms with Crippen LogP contribution in [0.3, 0.4) is 0 Å². The van der Waals surface area contributed by atoms with Crippen molar-refractivity contribution < 1.29 is 13.2 Å². The molecule has 5 nitrogen and oxygen atoms in total. The SMILES string of the molecule is CC(C)S(=O)(=O)N1CCC(Oc2ccncc2)C1. The van der Waals surface area contributed by atoms with Crippen LogP contribution in [0, 0.1) is 0 Å². The molecule has 0 radical (unpaired) electrons. The Morgan fingerprint density at radius 3 is 2.67 bits per heavy atom. The van der Waals surface area contributed by atoms with Crippen LogP contribution in [0.25, 0.3) is 0 Å². The van der Waals surface area contributed by atoms with Gasteiger partial charge in [-0.3, -0.25) is 4.98 Å². The lowest BCUT2D eigenvalue weighted by Gasteiger charge is -2.19. The van der Waals surface area contributed by atoms with Gasteiger partial charge >= 0.3 is 0 Å². The van der Waals surface area contributed by atoms with Gasteiger partial charge in [0.2, 0.25) is 10.0 Å². The largest absolute Gasteiger partial charge is 0.489 e. The van der Waals surface area contributed by atoms with Crippen molar-refractivity contribution in [2.45, 2.75) is 31.6 Å². The Bertz CT molecular complexity index is 487.